The monoisotopic (exact) mass is 463 g/mol. The predicted molar refractivity (Wildman–Crippen MR) is 128 cm³/mol. The van der Waals surface area contributed by atoms with Gasteiger partial charge in [0.25, 0.3) is 5.91 Å². The smallest absolute Gasteiger partial charge is 0.252 e. The number of pyridine rings is 1. The fourth-order valence-electron chi connectivity index (χ4n) is 3.56. The summed E-state index contributed by atoms with van der Waals surface area (Å²) in [5, 5.41) is 3.70. The molecule has 4 rings (SSSR count). The molecule has 0 saturated carbocycles. The third kappa shape index (κ3) is 5.66. The number of sulfonamides is 1. The first-order valence-corrected chi connectivity index (χ1v) is 12.3. The van der Waals surface area contributed by atoms with Gasteiger partial charge in [-0.15, -0.1) is 0 Å². The highest BCUT2D eigenvalue weighted by Crippen LogP contribution is 2.25. The molecule has 170 valence electrons. The summed E-state index contributed by atoms with van der Waals surface area (Å²) in [6, 6.07) is 19.8. The maximum atomic E-state index is 13.1. The molecule has 4 aromatic rings. The van der Waals surface area contributed by atoms with E-state index in [9.17, 15) is 13.2 Å². The number of amides is 1. The van der Waals surface area contributed by atoms with Crippen LogP contribution in [0.4, 0.5) is 0 Å². The summed E-state index contributed by atoms with van der Waals surface area (Å²) in [5.41, 5.74) is 3.35. The normalized spacial score (nSPS) is 11.7. The quantitative estimate of drug-likeness (QED) is 0.407. The molecule has 2 aromatic heterocycles. The first-order valence-electron chi connectivity index (χ1n) is 10.6. The standard InChI is InChI=1S/C25H25N3O4S/c1-17(2)28-33(30,31)16-19-11-9-18(10-12-19)15-26-25(29)21-14-23(24-8-5-13-32-24)27-22-7-4-3-6-20(21)22/h3-14,17,28H,15-16H2,1-2H3,(H,26,29). The lowest BCUT2D eigenvalue weighted by Crippen LogP contribution is -2.31. The topological polar surface area (TPSA) is 101 Å². The molecule has 8 heteroatoms. The number of aromatic nitrogens is 1. The van der Waals surface area contributed by atoms with Gasteiger partial charge >= 0.3 is 0 Å². The summed E-state index contributed by atoms with van der Waals surface area (Å²) in [4.78, 5) is 17.7. The molecular formula is C25H25N3O4S. The van der Waals surface area contributed by atoms with E-state index in [2.05, 4.69) is 15.0 Å². The molecule has 2 heterocycles. The van der Waals surface area contributed by atoms with Crippen molar-refractivity contribution in [1.82, 2.24) is 15.0 Å². The molecule has 0 unspecified atom stereocenters. The van der Waals surface area contributed by atoms with Crippen molar-refractivity contribution in [2.45, 2.75) is 32.2 Å². The van der Waals surface area contributed by atoms with E-state index in [4.69, 9.17) is 4.42 Å². The van der Waals surface area contributed by atoms with Crippen molar-refractivity contribution in [3.05, 3.63) is 89.7 Å². The zero-order valence-corrected chi connectivity index (χ0v) is 19.2. The molecule has 7 nitrogen and oxygen atoms in total. The van der Waals surface area contributed by atoms with Crippen LogP contribution >= 0.6 is 0 Å². The molecule has 33 heavy (non-hydrogen) atoms. The van der Waals surface area contributed by atoms with Gasteiger partial charge in [-0.25, -0.2) is 18.1 Å². The molecule has 0 aliphatic heterocycles. The fourth-order valence-corrected chi connectivity index (χ4v) is 5.00. The van der Waals surface area contributed by atoms with Gasteiger partial charge in [0, 0.05) is 18.0 Å². The van der Waals surface area contributed by atoms with Crippen LogP contribution in [0, 0.1) is 0 Å². The molecule has 2 aromatic carbocycles. The van der Waals surface area contributed by atoms with Crippen molar-refractivity contribution >= 4 is 26.8 Å². The number of fused-ring (bicyclic) bond motifs is 1. The van der Waals surface area contributed by atoms with Crippen molar-refractivity contribution in [3.63, 3.8) is 0 Å². The Morgan fingerprint density at radius 3 is 2.42 bits per heavy atom. The predicted octanol–water partition coefficient (Wildman–Crippen LogP) is 4.25. The lowest BCUT2D eigenvalue weighted by molar-refractivity contribution is 0.0952. The van der Waals surface area contributed by atoms with Crippen LogP contribution in [0.3, 0.4) is 0 Å². The number of nitrogens with zero attached hydrogens (tertiary/aromatic N) is 1. The Balaban J connectivity index is 1.49. The van der Waals surface area contributed by atoms with Gasteiger partial charge in [-0.3, -0.25) is 4.79 Å². The zero-order valence-electron chi connectivity index (χ0n) is 18.4. The maximum absolute atomic E-state index is 13.1. The molecule has 0 radical (unpaired) electrons. The third-order valence-corrected chi connectivity index (χ3v) is 6.53. The molecule has 0 atom stereocenters. The van der Waals surface area contributed by atoms with E-state index < -0.39 is 10.0 Å². The molecule has 1 amide bonds. The zero-order chi connectivity index (χ0) is 23.4. The summed E-state index contributed by atoms with van der Waals surface area (Å²) in [5.74, 6) is 0.276. The molecule has 2 N–H and O–H groups in total. The summed E-state index contributed by atoms with van der Waals surface area (Å²) >= 11 is 0. The first kappa shape index (κ1) is 22.7. The van der Waals surface area contributed by atoms with Crippen molar-refractivity contribution < 1.29 is 17.6 Å². The molecular weight excluding hydrogens is 438 g/mol. The van der Waals surface area contributed by atoms with Crippen LogP contribution in [0.15, 0.2) is 77.4 Å². The number of hydrogen-bond donors (Lipinski definition) is 2. The minimum atomic E-state index is -3.39. The van der Waals surface area contributed by atoms with Gasteiger partial charge in [-0.2, -0.15) is 0 Å². The number of furan rings is 1. The Bertz CT molecular complexity index is 1360. The number of para-hydroxylation sites is 1. The molecule has 0 aliphatic rings. The Morgan fingerprint density at radius 1 is 1.00 bits per heavy atom. The van der Waals surface area contributed by atoms with Crippen LogP contribution < -0.4 is 10.0 Å². The largest absolute Gasteiger partial charge is 0.463 e. The highest BCUT2D eigenvalue weighted by molar-refractivity contribution is 7.88. The van der Waals surface area contributed by atoms with Crippen molar-refractivity contribution in [2.75, 3.05) is 0 Å². The SMILES string of the molecule is CC(C)NS(=O)(=O)Cc1ccc(CNC(=O)c2cc(-c3ccco3)nc3ccccc23)cc1. The summed E-state index contributed by atoms with van der Waals surface area (Å²) < 4.78 is 32.2. The minimum absolute atomic E-state index is 0.0869. The van der Waals surface area contributed by atoms with E-state index in [0.717, 1.165) is 10.9 Å². The van der Waals surface area contributed by atoms with Gasteiger partial charge in [0.15, 0.2) is 5.76 Å². The van der Waals surface area contributed by atoms with Gasteiger partial charge in [0.1, 0.15) is 5.69 Å². The second kappa shape index (κ2) is 9.56. The average molecular weight is 464 g/mol. The van der Waals surface area contributed by atoms with E-state index in [1.165, 1.54) is 0 Å². The highest BCUT2D eigenvalue weighted by atomic mass is 32.2. The number of carbonyl (C=O) groups is 1. The Kier molecular flexibility index (Phi) is 6.57. The Labute approximate surface area is 192 Å². The van der Waals surface area contributed by atoms with Crippen molar-refractivity contribution in [1.29, 1.82) is 0 Å². The summed E-state index contributed by atoms with van der Waals surface area (Å²) in [7, 11) is -3.39. The van der Waals surface area contributed by atoms with Crippen LogP contribution in [0.1, 0.15) is 35.3 Å². The van der Waals surface area contributed by atoms with E-state index >= 15 is 0 Å². The van der Waals surface area contributed by atoms with Gasteiger partial charge in [0.05, 0.1) is 23.1 Å². The van der Waals surface area contributed by atoms with E-state index in [0.29, 0.717) is 34.6 Å². The fraction of sp³-hybridized carbons (Fsp3) is 0.200. The van der Waals surface area contributed by atoms with Crippen molar-refractivity contribution in [3.8, 4) is 11.5 Å². The lowest BCUT2D eigenvalue weighted by atomic mass is 10.1. The highest BCUT2D eigenvalue weighted by Gasteiger charge is 2.16. The van der Waals surface area contributed by atoms with E-state index in [1.807, 2.05) is 36.4 Å². The van der Waals surface area contributed by atoms with Crippen LogP contribution in [-0.2, 0) is 22.3 Å². The van der Waals surface area contributed by atoms with E-state index in [-0.39, 0.29) is 17.7 Å². The number of nitrogens with one attached hydrogen (secondary N) is 2. The van der Waals surface area contributed by atoms with Gasteiger partial charge in [-0.1, -0.05) is 42.5 Å². The van der Waals surface area contributed by atoms with Crippen LogP contribution in [0.25, 0.3) is 22.4 Å². The van der Waals surface area contributed by atoms with Gasteiger partial charge in [-0.05, 0) is 49.2 Å². The number of carbonyl (C=O) groups excluding carboxylic acids is 1. The molecule has 0 spiro atoms. The number of hydrogen-bond acceptors (Lipinski definition) is 5. The first-order chi connectivity index (χ1) is 15.8. The Hall–Kier alpha value is -3.49. The molecule has 0 bridgehead atoms. The third-order valence-electron chi connectivity index (χ3n) is 4.98. The summed E-state index contributed by atoms with van der Waals surface area (Å²) in [6.45, 7) is 3.88. The maximum Gasteiger partial charge on any atom is 0.252 e. The number of rotatable bonds is 8. The Morgan fingerprint density at radius 2 is 1.73 bits per heavy atom. The average Bonchev–Trinajstić information content (AvgIpc) is 3.31. The lowest BCUT2D eigenvalue weighted by Gasteiger charge is -2.11. The minimum Gasteiger partial charge on any atom is -0.463 e. The molecule has 0 saturated heterocycles. The van der Waals surface area contributed by atoms with Crippen LogP contribution in [0.2, 0.25) is 0 Å². The van der Waals surface area contributed by atoms with Gasteiger partial charge in [0.2, 0.25) is 10.0 Å². The van der Waals surface area contributed by atoms with Crippen LogP contribution in [0.5, 0.6) is 0 Å². The molecule has 0 fully saturated rings. The van der Waals surface area contributed by atoms with Gasteiger partial charge < -0.3 is 9.73 Å². The van der Waals surface area contributed by atoms with Crippen molar-refractivity contribution in [2.24, 2.45) is 0 Å². The second-order valence-electron chi connectivity index (χ2n) is 8.08. The second-order valence-corrected chi connectivity index (χ2v) is 9.83. The summed E-state index contributed by atoms with van der Waals surface area (Å²) in [6.07, 6.45) is 1.57. The molecule has 0 aliphatic carbocycles. The van der Waals surface area contributed by atoms with Crippen LogP contribution in [-0.4, -0.2) is 25.4 Å². The number of benzene rings is 2. The van der Waals surface area contributed by atoms with E-state index in [1.54, 1.807) is 50.4 Å².